The van der Waals surface area contributed by atoms with E-state index in [-0.39, 0.29) is 11.3 Å². The van der Waals surface area contributed by atoms with Crippen LogP contribution in [0.3, 0.4) is 0 Å². The molecule has 8 heteroatoms. The smallest absolute Gasteiger partial charge is 0.339 e. The first-order valence-electron chi connectivity index (χ1n) is 6.04. The Morgan fingerprint density at radius 2 is 2.05 bits per heavy atom. The molecule has 0 atom stereocenters. The molecule has 20 heavy (non-hydrogen) atoms. The van der Waals surface area contributed by atoms with Gasteiger partial charge in [-0.1, -0.05) is 0 Å². The fourth-order valence-corrected chi connectivity index (χ4v) is 1.80. The van der Waals surface area contributed by atoms with Crippen molar-refractivity contribution in [3.63, 3.8) is 0 Å². The van der Waals surface area contributed by atoms with Crippen LogP contribution in [0, 0.1) is 6.92 Å². The molecular formula is C12H15N5O3. The van der Waals surface area contributed by atoms with Crippen LogP contribution in [-0.2, 0) is 13.6 Å². The van der Waals surface area contributed by atoms with Crippen molar-refractivity contribution in [3.05, 3.63) is 29.3 Å². The molecule has 0 spiro atoms. The van der Waals surface area contributed by atoms with Crippen LogP contribution in [0.25, 0.3) is 0 Å². The maximum Gasteiger partial charge on any atom is 0.339 e. The number of carboxylic acid groups (broad SMARTS) is 1. The Labute approximate surface area is 115 Å². The van der Waals surface area contributed by atoms with E-state index in [0.717, 1.165) is 0 Å². The normalized spacial score (nSPS) is 10.6. The summed E-state index contributed by atoms with van der Waals surface area (Å²) in [6.07, 6.45) is 2.98. The van der Waals surface area contributed by atoms with Crippen molar-refractivity contribution < 1.29 is 14.7 Å². The van der Waals surface area contributed by atoms with Crippen LogP contribution < -0.4 is 5.32 Å². The van der Waals surface area contributed by atoms with Crippen molar-refractivity contribution in [1.82, 2.24) is 19.6 Å². The van der Waals surface area contributed by atoms with Crippen LogP contribution in [0.5, 0.6) is 0 Å². The van der Waals surface area contributed by atoms with Crippen molar-refractivity contribution in [3.8, 4) is 0 Å². The van der Waals surface area contributed by atoms with Gasteiger partial charge < -0.3 is 10.4 Å². The number of hydrogen-bond donors (Lipinski definition) is 2. The number of carbonyl (C=O) groups is 2. The quantitative estimate of drug-likeness (QED) is 0.864. The zero-order valence-corrected chi connectivity index (χ0v) is 11.4. The fraction of sp³-hybridized carbons (Fsp3) is 0.333. The van der Waals surface area contributed by atoms with Gasteiger partial charge in [-0.05, 0) is 13.8 Å². The molecule has 0 saturated carbocycles. The zero-order chi connectivity index (χ0) is 14.9. The van der Waals surface area contributed by atoms with E-state index < -0.39 is 11.9 Å². The first kappa shape index (κ1) is 13.8. The van der Waals surface area contributed by atoms with E-state index in [4.69, 9.17) is 5.11 Å². The molecule has 0 aliphatic rings. The Morgan fingerprint density at radius 1 is 1.35 bits per heavy atom. The lowest BCUT2D eigenvalue weighted by Gasteiger charge is -2.01. The average molecular weight is 277 g/mol. The highest BCUT2D eigenvalue weighted by atomic mass is 16.4. The molecular weight excluding hydrogens is 262 g/mol. The highest BCUT2D eigenvalue weighted by Gasteiger charge is 2.22. The van der Waals surface area contributed by atoms with Gasteiger partial charge in [0.2, 0.25) is 0 Å². The summed E-state index contributed by atoms with van der Waals surface area (Å²) >= 11 is 0. The topological polar surface area (TPSA) is 102 Å². The van der Waals surface area contributed by atoms with Crippen molar-refractivity contribution >= 4 is 17.6 Å². The summed E-state index contributed by atoms with van der Waals surface area (Å²) in [6, 6.07) is 0. The number of rotatable bonds is 4. The Balaban J connectivity index is 2.28. The third-order valence-electron chi connectivity index (χ3n) is 2.79. The van der Waals surface area contributed by atoms with E-state index in [2.05, 4.69) is 15.5 Å². The molecule has 0 unspecified atom stereocenters. The predicted molar refractivity (Wildman–Crippen MR) is 70.8 cm³/mol. The molecule has 0 aromatic carbocycles. The van der Waals surface area contributed by atoms with Crippen molar-refractivity contribution in [1.29, 1.82) is 0 Å². The van der Waals surface area contributed by atoms with Crippen LogP contribution in [0.2, 0.25) is 0 Å². The minimum absolute atomic E-state index is 0.122. The van der Waals surface area contributed by atoms with Crippen molar-refractivity contribution in [2.24, 2.45) is 7.05 Å². The van der Waals surface area contributed by atoms with E-state index in [1.54, 1.807) is 24.9 Å². The average Bonchev–Trinajstić information content (AvgIpc) is 2.93. The van der Waals surface area contributed by atoms with Crippen LogP contribution in [-0.4, -0.2) is 36.5 Å². The molecule has 8 nitrogen and oxygen atoms in total. The summed E-state index contributed by atoms with van der Waals surface area (Å²) in [5, 5.41) is 19.7. The lowest BCUT2D eigenvalue weighted by Crippen LogP contribution is -2.16. The number of nitrogens with zero attached hydrogens (tertiary/aromatic N) is 4. The molecule has 0 aliphatic heterocycles. The SMILES string of the molecule is CCn1cc(NC(=O)c2nn(C)cc2C(=O)O)c(C)n1. The molecule has 0 radical (unpaired) electrons. The van der Waals surface area contributed by atoms with Gasteiger partial charge in [0.25, 0.3) is 5.91 Å². The number of anilines is 1. The summed E-state index contributed by atoms with van der Waals surface area (Å²) in [5.74, 6) is -1.76. The standard InChI is InChI=1S/C12H15N5O3/c1-4-17-6-9(7(2)14-17)13-11(18)10-8(12(19)20)5-16(3)15-10/h5-6H,4H2,1-3H3,(H,13,18)(H,19,20). The molecule has 0 fully saturated rings. The first-order chi connectivity index (χ1) is 9.42. The van der Waals surface area contributed by atoms with E-state index in [9.17, 15) is 9.59 Å². The summed E-state index contributed by atoms with van der Waals surface area (Å²) < 4.78 is 2.97. The number of aromatic nitrogens is 4. The molecule has 2 N–H and O–H groups in total. The predicted octanol–water partition coefficient (Wildman–Crippen LogP) is 0.895. The number of aromatic carboxylic acids is 1. The van der Waals surface area contributed by atoms with Gasteiger partial charge >= 0.3 is 5.97 Å². The highest BCUT2D eigenvalue weighted by molar-refractivity contribution is 6.09. The summed E-state index contributed by atoms with van der Waals surface area (Å²) in [5.41, 5.74) is 0.945. The second-order valence-electron chi connectivity index (χ2n) is 4.31. The van der Waals surface area contributed by atoms with E-state index in [1.807, 2.05) is 6.92 Å². The largest absolute Gasteiger partial charge is 0.478 e. The fourth-order valence-electron chi connectivity index (χ4n) is 1.80. The summed E-state index contributed by atoms with van der Waals surface area (Å²) in [4.78, 5) is 23.2. The van der Waals surface area contributed by atoms with Gasteiger partial charge in [0.05, 0.1) is 11.4 Å². The molecule has 1 amide bonds. The summed E-state index contributed by atoms with van der Waals surface area (Å²) in [7, 11) is 1.56. The Morgan fingerprint density at radius 3 is 2.60 bits per heavy atom. The van der Waals surface area contributed by atoms with E-state index >= 15 is 0 Å². The van der Waals surface area contributed by atoms with Gasteiger partial charge in [-0.3, -0.25) is 14.2 Å². The van der Waals surface area contributed by atoms with Gasteiger partial charge in [-0.15, -0.1) is 0 Å². The third-order valence-corrected chi connectivity index (χ3v) is 2.79. The molecule has 0 aliphatic carbocycles. The second kappa shape index (κ2) is 5.16. The number of amides is 1. The van der Waals surface area contributed by atoms with Crippen LogP contribution >= 0.6 is 0 Å². The number of hydrogen-bond acceptors (Lipinski definition) is 4. The number of carboxylic acids is 1. The van der Waals surface area contributed by atoms with E-state index in [1.165, 1.54) is 10.9 Å². The van der Waals surface area contributed by atoms with Crippen LogP contribution in [0.1, 0.15) is 33.5 Å². The zero-order valence-electron chi connectivity index (χ0n) is 11.4. The van der Waals surface area contributed by atoms with Crippen molar-refractivity contribution in [2.75, 3.05) is 5.32 Å². The monoisotopic (exact) mass is 277 g/mol. The molecule has 0 bridgehead atoms. The van der Waals surface area contributed by atoms with Gasteiger partial charge in [0.15, 0.2) is 5.69 Å². The maximum absolute atomic E-state index is 12.1. The van der Waals surface area contributed by atoms with Crippen LogP contribution in [0.4, 0.5) is 5.69 Å². The second-order valence-corrected chi connectivity index (χ2v) is 4.31. The number of carbonyl (C=O) groups excluding carboxylic acids is 1. The number of nitrogens with one attached hydrogen (secondary N) is 1. The van der Waals surface area contributed by atoms with E-state index in [0.29, 0.717) is 17.9 Å². The lowest BCUT2D eigenvalue weighted by atomic mass is 10.2. The Hall–Kier alpha value is -2.64. The summed E-state index contributed by atoms with van der Waals surface area (Å²) in [6.45, 7) is 4.37. The highest BCUT2D eigenvalue weighted by Crippen LogP contribution is 2.15. The molecule has 2 aromatic rings. The minimum atomic E-state index is -1.19. The van der Waals surface area contributed by atoms with Crippen molar-refractivity contribution in [2.45, 2.75) is 20.4 Å². The molecule has 0 saturated heterocycles. The van der Waals surface area contributed by atoms with Gasteiger partial charge in [-0.25, -0.2) is 4.79 Å². The molecule has 2 rings (SSSR count). The minimum Gasteiger partial charge on any atom is -0.478 e. The molecule has 2 heterocycles. The third kappa shape index (κ3) is 2.53. The van der Waals surface area contributed by atoms with Gasteiger partial charge in [0, 0.05) is 26.0 Å². The Bertz CT molecular complexity index is 671. The van der Waals surface area contributed by atoms with Gasteiger partial charge in [-0.2, -0.15) is 10.2 Å². The maximum atomic E-state index is 12.1. The molecule has 106 valence electrons. The Kier molecular flexibility index (Phi) is 3.55. The lowest BCUT2D eigenvalue weighted by molar-refractivity contribution is 0.0692. The van der Waals surface area contributed by atoms with Gasteiger partial charge in [0.1, 0.15) is 5.56 Å². The van der Waals surface area contributed by atoms with Crippen LogP contribution in [0.15, 0.2) is 12.4 Å². The number of aryl methyl sites for hydroxylation is 3. The first-order valence-corrected chi connectivity index (χ1v) is 6.04. The molecule has 2 aromatic heterocycles.